The van der Waals surface area contributed by atoms with Crippen LogP contribution in [-0.4, -0.2) is 65.5 Å². The predicted octanol–water partition coefficient (Wildman–Crippen LogP) is -1.37. The minimum Gasteiger partial charge on any atom is -0.480 e. The lowest BCUT2D eigenvalue weighted by molar-refractivity contribution is -0.143. The maximum absolute atomic E-state index is 12.9. The molecule has 10 N–H and O–H groups in total. The molecule has 0 radical (unpaired) electrons. The van der Waals surface area contributed by atoms with E-state index in [1.54, 1.807) is 13.8 Å². The zero-order valence-electron chi connectivity index (χ0n) is 19.6. The number of nitrogens with one attached hydrogen (secondary N) is 3. The number of aliphatic carboxylic acids is 1. The van der Waals surface area contributed by atoms with Gasteiger partial charge in [0.15, 0.2) is 5.96 Å². The summed E-state index contributed by atoms with van der Waals surface area (Å²) in [5.74, 6) is -3.27. The van der Waals surface area contributed by atoms with Gasteiger partial charge in [-0.3, -0.25) is 19.4 Å². The molecule has 184 valence electrons. The van der Waals surface area contributed by atoms with E-state index in [0.29, 0.717) is 6.42 Å². The van der Waals surface area contributed by atoms with E-state index in [9.17, 15) is 24.3 Å². The van der Waals surface area contributed by atoms with Crippen LogP contribution in [0.1, 0.15) is 53.9 Å². The maximum Gasteiger partial charge on any atom is 0.326 e. The standard InChI is InChI=1S/C20H39N7O5/c1-10(2)9-14(18(30)27-15(11(3)4)19(31)32)26-17(29)13(25-16(28)12(5)21)7-6-8-24-20(22)23/h10-15H,6-9,21H2,1-5H3,(H,25,28)(H,26,29)(H,27,30)(H,31,32)(H4,22,23,24). The molecular formula is C20H39N7O5. The van der Waals surface area contributed by atoms with Crippen LogP contribution in [0.15, 0.2) is 4.99 Å². The van der Waals surface area contributed by atoms with Crippen LogP contribution in [0.5, 0.6) is 0 Å². The third-order valence-corrected chi connectivity index (χ3v) is 4.56. The van der Waals surface area contributed by atoms with Gasteiger partial charge in [0.25, 0.3) is 0 Å². The molecule has 32 heavy (non-hydrogen) atoms. The van der Waals surface area contributed by atoms with Crippen LogP contribution >= 0.6 is 0 Å². The quantitative estimate of drug-likeness (QED) is 0.0935. The van der Waals surface area contributed by atoms with Gasteiger partial charge < -0.3 is 38.3 Å². The van der Waals surface area contributed by atoms with Crippen LogP contribution in [0.2, 0.25) is 0 Å². The number of carboxylic acids is 1. The fraction of sp³-hybridized carbons (Fsp3) is 0.750. The molecule has 0 rings (SSSR count). The molecule has 0 saturated carbocycles. The number of carboxylic acid groups (broad SMARTS) is 1. The lowest BCUT2D eigenvalue weighted by atomic mass is 10.00. The van der Waals surface area contributed by atoms with E-state index >= 15 is 0 Å². The molecule has 4 atom stereocenters. The van der Waals surface area contributed by atoms with Crippen molar-refractivity contribution in [2.45, 2.75) is 78.0 Å². The van der Waals surface area contributed by atoms with E-state index in [2.05, 4.69) is 20.9 Å². The number of carbonyl (C=O) groups is 4. The van der Waals surface area contributed by atoms with Gasteiger partial charge in [-0.15, -0.1) is 0 Å². The number of hydrogen-bond donors (Lipinski definition) is 7. The van der Waals surface area contributed by atoms with Crippen molar-refractivity contribution in [1.82, 2.24) is 16.0 Å². The number of aliphatic imine (C=N–C) groups is 1. The predicted molar refractivity (Wildman–Crippen MR) is 121 cm³/mol. The first-order valence-corrected chi connectivity index (χ1v) is 10.7. The van der Waals surface area contributed by atoms with Crippen molar-refractivity contribution in [1.29, 1.82) is 0 Å². The summed E-state index contributed by atoms with van der Waals surface area (Å²) in [5.41, 5.74) is 16.2. The molecule has 0 aromatic rings. The topological polar surface area (TPSA) is 215 Å². The third kappa shape index (κ3) is 11.5. The number of guanidine groups is 1. The number of amides is 3. The highest BCUT2D eigenvalue weighted by Crippen LogP contribution is 2.09. The van der Waals surface area contributed by atoms with Crippen molar-refractivity contribution < 1.29 is 24.3 Å². The van der Waals surface area contributed by atoms with Crippen molar-refractivity contribution in [3.05, 3.63) is 0 Å². The number of hydrogen-bond acceptors (Lipinski definition) is 6. The van der Waals surface area contributed by atoms with Gasteiger partial charge >= 0.3 is 5.97 Å². The molecule has 12 heteroatoms. The average Bonchev–Trinajstić information content (AvgIpc) is 2.66. The van der Waals surface area contributed by atoms with Crippen molar-refractivity contribution in [3.63, 3.8) is 0 Å². The molecule has 0 heterocycles. The van der Waals surface area contributed by atoms with Crippen LogP contribution < -0.4 is 33.2 Å². The van der Waals surface area contributed by atoms with E-state index in [1.807, 2.05) is 13.8 Å². The molecule has 3 amide bonds. The monoisotopic (exact) mass is 457 g/mol. The van der Waals surface area contributed by atoms with Gasteiger partial charge in [-0.25, -0.2) is 4.79 Å². The second kappa shape index (κ2) is 14.2. The summed E-state index contributed by atoms with van der Waals surface area (Å²) in [6, 6.07) is -3.87. The van der Waals surface area contributed by atoms with Crippen molar-refractivity contribution in [2.75, 3.05) is 6.54 Å². The first-order chi connectivity index (χ1) is 14.8. The van der Waals surface area contributed by atoms with Gasteiger partial charge in [-0.05, 0) is 38.0 Å². The zero-order chi connectivity index (χ0) is 25.0. The van der Waals surface area contributed by atoms with E-state index in [1.165, 1.54) is 6.92 Å². The number of nitrogens with zero attached hydrogens (tertiary/aromatic N) is 1. The normalized spacial score (nSPS) is 14.8. The Morgan fingerprint density at radius 3 is 1.84 bits per heavy atom. The Labute approximate surface area is 189 Å². The second-order valence-electron chi connectivity index (χ2n) is 8.56. The van der Waals surface area contributed by atoms with Gasteiger partial charge in [-0.1, -0.05) is 27.7 Å². The first kappa shape index (κ1) is 29.1. The summed E-state index contributed by atoms with van der Waals surface area (Å²) in [4.78, 5) is 53.1. The van der Waals surface area contributed by atoms with E-state index in [-0.39, 0.29) is 37.2 Å². The van der Waals surface area contributed by atoms with Crippen LogP contribution in [0.25, 0.3) is 0 Å². The second-order valence-corrected chi connectivity index (χ2v) is 8.56. The lowest BCUT2D eigenvalue weighted by Gasteiger charge is -2.26. The summed E-state index contributed by atoms with van der Waals surface area (Å²) in [6.07, 6.45) is 0.884. The molecular weight excluding hydrogens is 418 g/mol. The minimum absolute atomic E-state index is 0.0346. The molecule has 0 saturated heterocycles. The molecule has 0 aliphatic carbocycles. The van der Waals surface area contributed by atoms with Crippen molar-refractivity contribution in [2.24, 2.45) is 34.0 Å². The fourth-order valence-electron chi connectivity index (χ4n) is 2.82. The van der Waals surface area contributed by atoms with Crippen molar-refractivity contribution >= 4 is 29.7 Å². The number of carbonyl (C=O) groups excluding carboxylic acids is 3. The number of rotatable bonds is 14. The Hall–Kier alpha value is -2.89. The molecule has 0 spiro atoms. The molecule has 0 fully saturated rings. The molecule has 0 aromatic heterocycles. The third-order valence-electron chi connectivity index (χ3n) is 4.56. The molecule has 0 bridgehead atoms. The summed E-state index contributed by atoms with van der Waals surface area (Å²) in [5, 5.41) is 17.0. The lowest BCUT2D eigenvalue weighted by Crippen LogP contribution is -2.57. The Bertz CT molecular complexity index is 675. The van der Waals surface area contributed by atoms with Gasteiger partial charge in [0.1, 0.15) is 18.1 Å². The van der Waals surface area contributed by atoms with Crippen LogP contribution in [0.4, 0.5) is 0 Å². The zero-order valence-corrected chi connectivity index (χ0v) is 19.6. The molecule has 0 aromatic carbocycles. The average molecular weight is 458 g/mol. The molecule has 12 nitrogen and oxygen atoms in total. The molecule has 0 aliphatic rings. The molecule has 4 unspecified atom stereocenters. The Morgan fingerprint density at radius 1 is 0.875 bits per heavy atom. The summed E-state index contributed by atoms with van der Waals surface area (Å²) >= 11 is 0. The van der Waals surface area contributed by atoms with Crippen LogP contribution in [0.3, 0.4) is 0 Å². The van der Waals surface area contributed by atoms with Crippen LogP contribution in [-0.2, 0) is 19.2 Å². The van der Waals surface area contributed by atoms with Gasteiger partial charge in [-0.2, -0.15) is 0 Å². The van der Waals surface area contributed by atoms with Gasteiger partial charge in [0, 0.05) is 6.54 Å². The summed E-state index contributed by atoms with van der Waals surface area (Å²) in [7, 11) is 0. The Kier molecular flexibility index (Phi) is 12.9. The molecule has 0 aliphatic heterocycles. The highest BCUT2D eigenvalue weighted by Gasteiger charge is 2.31. The largest absolute Gasteiger partial charge is 0.480 e. The Balaban J connectivity index is 5.46. The van der Waals surface area contributed by atoms with Crippen molar-refractivity contribution in [3.8, 4) is 0 Å². The minimum atomic E-state index is -1.16. The van der Waals surface area contributed by atoms with Crippen LogP contribution in [0, 0.1) is 11.8 Å². The Morgan fingerprint density at radius 2 is 1.41 bits per heavy atom. The van der Waals surface area contributed by atoms with E-state index in [4.69, 9.17) is 17.2 Å². The smallest absolute Gasteiger partial charge is 0.326 e. The first-order valence-electron chi connectivity index (χ1n) is 10.7. The fourth-order valence-corrected chi connectivity index (χ4v) is 2.82. The van der Waals surface area contributed by atoms with Gasteiger partial charge in [0.2, 0.25) is 17.7 Å². The van der Waals surface area contributed by atoms with E-state index in [0.717, 1.165) is 0 Å². The summed E-state index contributed by atoms with van der Waals surface area (Å²) < 4.78 is 0. The highest BCUT2D eigenvalue weighted by atomic mass is 16.4. The SMILES string of the molecule is CC(C)CC(NC(=O)C(CCCN=C(N)N)NC(=O)C(C)N)C(=O)NC(C(=O)O)C(C)C. The highest BCUT2D eigenvalue weighted by molar-refractivity contribution is 5.94. The van der Waals surface area contributed by atoms with Gasteiger partial charge in [0.05, 0.1) is 6.04 Å². The summed E-state index contributed by atoms with van der Waals surface area (Å²) in [6.45, 7) is 8.82. The maximum atomic E-state index is 12.9. The number of nitrogens with two attached hydrogens (primary N) is 3. The van der Waals surface area contributed by atoms with E-state index < -0.39 is 47.9 Å².